The van der Waals surface area contributed by atoms with Crippen LogP contribution in [0.1, 0.15) is 57.8 Å². The van der Waals surface area contributed by atoms with E-state index in [1.165, 1.54) is 32.1 Å². The van der Waals surface area contributed by atoms with E-state index in [9.17, 15) is 0 Å². The second-order valence-corrected chi connectivity index (χ2v) is 4.10. The van der Waals surface area contributed by atoms with Crippen LogP contribution in [0.3, 0.4) is 0 Å². The third-order valence-electron chi connectivity index (χ3n) is 2.63. The highest BCUT2D eigenvalue weighted by Crippen LogP contribution is 2.10. The molecule has 102 valence electrons. The highest BCUT2D eigenvalue weighted by atomic mass is 17.8. The van der Waals surface area contributed by atoms with Crippen LogP contribution >= 0.6 is 0 Å². The molecule has 0 unspecified atom stereocenters. The van der Waals surface area contributed by atoms with E-state index in [1.807, 2.05) is 0 Å². The first-order valence-corrected chi connectivity index (χ1v) is 6.41. The third kappa shape index (κ3) is 10.6. The maximum Gasteiger partial charge on any atom is 0.0855 e. The third-order valence-corrected chi connectivity index (χ3v) is 2.63. The molecule has 0 atom stereocenters. The van der Waals surface area contributed by atoms with Gasteiger partial charge in [0.2, 0.25) is 0 Å². The lowest BCUT2D eigenvalue weighted by atomic mass is 10.1. The minimum atomic E-state index is 0.476. The molecule has 0 radical (unpaired) electrons. The Labute approximate surface area is 102 Å². The van der Waals surface area contributed by atoms with Gasteiger partial charge < -0.3 is 0 Å². The van der Waals surface area contributed by atoms with Crippen molar-refractivity contribution in [1.29, 1.82) is 0 Å². The van der Waals surface area contributed by atoms with Gasteiger partial charge in [0.1, 0.15) is 0 Å². The van der Waals surface area contributed by atoms with Crippen molar-refractivity contribution in [3.63, 3.8) is 0 Å². The van der Waals surface area contributed by atoms with Gasteiger partial charge in [-0.25, -0.2) is 9.78 Å². The van der Waals surface area contributed by atoms with Gasteiger partial charge in [-0.1, -0.05) is 44.9 Å². The molecule has 0 saturated carbocycles. The zero-order chi connectivity index (χ0) is 12.0. The summed E-state index contributed by atoms with van der Waals surface area (Å²) < 4.78 is 0. The van der Waals surface area contributed by atoms with E-state index >= 15 is 0 Å². The molecule has 0 aromatic carbocycles. The molecule has 1 saturated heterocycles. The summed E-state index contributed by atoms with van der Waals surface area (Å²) in [6, 6.07) is 0. The summed E-state index contributed by atoms with van der Waals surface area (Å²) in [6.45, 7) is 0.953. The second kappa shape index (κ2) is 12.2. The Morgan fingerprint density at radius 1 is 0.353 bits per heavy atom. The molecular formula is C11H22O6. The summed E-state index contributed by atoms with van der Waals surface area (Å²) >= 11 is 0. The fourth-order valence-electron chi connectivity index (χ4n) is 1.69. The van der Waals surface area contributed by atoms with Gasteiger partial charge in [-0.15, -0.1) is 0 Å². The van der Waals surface area contributed by atoms with Gasteiger partial charge in [-0.05, 0) is 33.0 Å². The van der Waals surface area contributed by atoms with Crippen LogP contribution in [0.15, 0.2) is 0 Å². The Kier molecular flexibility index (Phi) is 10.7. The van der Waals surface area contributed by atoms with Gasteiger partial charge >= 0.3 is 0 Å². The summed E-state index contributed by atoms with van der Waals surface area (Å²) in [4.78, 5) is 9.35. The summed E-state index contributed by atoms with van der Waals surface area (Å²) in [6.07, 6.45) is 10.6. The molecule has 1 rings (SSSR count). The molecule has 0 amide bonds. The first kappa shape index (κ1) is 14.8. The summed E-state index contributed by atoms with van der Waals surface area (Å²) in [5.74, 6) is 0. The molecule has 1 aliphatic heterocycles. The van der Waals surface area contributed by atoms with Gasteiger partial charge in [-0.3, -0.25) is 0 Å². The largest absolute Gasteiger partial charge is 0.204 e. The topological polar surface area (TPSA) is 55.4 Å². The van der Waals surface area contributed by atoms with E-state index in [0.717, 1.165) is 25.7 Å². The molecule has 17 heavy (non-hydrogen) atoms. The summed E-state index contributed by atoms with van der Waals surface area (Å²) in [5.41, 5.74) is 0. The van der Waals surface area contributed by atoms with Crippen molar-refractivity contribution in [2.24, 2.45) is 0 Å². The van der Waals surface area contributed by atoms with Crippen LogP contribution < -0.4 is 0 Å². The van der Waals surface area contributed by atoms with Gasteiger partial charge in [0.05, 0.1) is 13.2 Å². The van der Waals surface area contributed by atoms with E-state index < -0.39 is 0 Å². The van der Waals surface area contributed by atoms with Crippen LogP contribution in [0.4, 0.5) is 0 Å². The van der Waals surface area contributed by atoms with Crippen LogP contribution in [0.2, 0.25) is 0 Å². The lowest BCUT2D eigenvalue weighted by Gasteiger charge is -2.01. The van der Waals surface area contributed by atoms with Gasteiger partial charge in [0, 0.05) is 0 Å². The predicted molar refractivity (Wildman–Crippen MR) is 57.8 cm³/mol. The fourth-order valence-corrected chi connectivity index (χ4v) is 1.69. The molecule has 6 nitrogen and oxygen atoms in total. The zero-order valence-electron chi connectivity index (χ0n) is 10.2. The Morgan fingerprint density at radius 2 is 0.706 bits per heavy atom. The monoisotopic (exact) mass is 250 g/mol. The molecule has 0 aromatic heterocycles. The van der Waals surface area contributed by atoms with Crippen LogP contribution in [-0.4, -0.2) is 13.2 Å². The minimum absolute atomic E-state index is 0.476. The maximum atomic E-state index is 4.68. The average Bonchev–Trinajstić information content (AvgIpc) is 2.35. The van der Waals surface area contributed by atoms with Crippen LogP contribution in [0.25, 0.3) is 0 Å². The van der Waals surface area contributed by atoms with E-state index in [4.69, 9.17) is 0 Å². The maximum absolute atomic E-state index is 4.68. The molecule has 1 aliphatic rings. The first-order valence-electron chi connectivity index (χ1n) is 6.41. The fraction of sp³-hybridized carbons (Fsp3) is 1.00. The summed E-state index contributed by atoms with van der Waals surface area (Å²) in [7, 11) is 0. The standard InChI is InChI=1S/C11H22O6/c1-2-4-6-8-10-12-14-16-17-15-13-11-9-7-5-3-1/h1-11H2. The Balaban J connectivity index is 2.01. The van der Waals surface area contributed by atoms with E-state index in [1.54, 1.807) is 0 Å². The molecule has 0 spiro atoms. The minimum Gasteiger partial charge on any atom is -0.204 e. The molecule has 0 bridgehead atoms. The Morgan fingerprint density at radius 3 is 1.12 bits per heavy atom. The highest BCUT2D eigenvalue weighted by molar-refractivity contribution is 4.47. The molecule has 1 heterocycles. The Bertz CT molecular complexity index is 85.4. The molecule has 0 aromatic rings. The highest BCUT2D eigenvalue weighted by Gasteiger charge is 1.97. The lowest BCUT2D eigenvalue weighted by Crippen LogP contribution is -2.02. The van der Waals surface area contributed by atoms with E-state index in [0.29, 0.717) is 13.2 Å². The van der Waals surface area contributed by atoms with Crippen LogP contribution in [-0.2, 0) is 29.9 Å². The van der Waals surface area contributed by atoms with E-state index in [-0.39, 0.29) is 0 Å². The van der Waals surface area contributed by atoms with E-state index in [2.05, 4.69) is 29.9 Å². The number of rotatable bonds is 0. The first-order chi connectivity index (χ1) is 8.50. The Hall–Kier alpha value is -0.240. The zero-order valence-corrected chi connectivity index (χ0v) is 10.2. The predicted octanol–water partition coefficient (Wildman–Crippen LogP) is 3.19. The molecule has 0 N–H and O–H groups in total. The van der Waals surface area contributed by atoms with Gasteiger partial charge in [0.25, 0.3) is 0 Å². The van der Waals surface area contributed by atoms with Crippen molar-refractivity contribution in [3.8, 4) is 0 Å². The molecular weight excluding hydrogens is 228 g/mol. The molecule has 6 heteroatoms. The smallest absolute Gasteiger partial charge is 0.0855 e. The number of hydrogen-bond donors (Lipinski definition) is 0. The van der Waals surface area contributed by atoms with Crippen molar-refractivity contribution >= 4 is 0 Å². The van der Waals surface area contributed by atoms with Crippen molar-refractivity contribution < 1.29 is 29.9 Å². The SMILES string of the molecule is C1CCCCCOOOOOOCCCCC1. The van der Waals surface area contributed by atoms with Gasteiger partial charge in [-0.2, -0.15) is 0 Å². The summed E-state index contributed by atoms with van der Waals surface area (Å²) in [5, 5.41) is 16.6. The quantitative estimate of drug-likeness (QED) is 0.615. The van der Waals surface area contributed by atoms with Crippen LogP contribution in [0, 0.1) is 0 Å². The average molecular weight is 250 g/mol. The molecule has 1 fully saturated rings. The van der Waals surface area contributed by atoms with Crippen molar-refractivity contribution in [1.82, 2.24) is 0 Å². The normalized spacial score (nSPS) is 24.0. The lowest BCUT2D eigenvalue weighted by molar-refractivity contribution is -0.756. The number of hydrogen-bond acceptors (Lipinski definition) is 6. The van der Waals surface area contributed by atoms with Crippen molar-refractivity contribution in [3.05, 3.63) is 0 Å². The van der Waals surface area contributed by atoms with Crippen molar-refractivity contribution in [2.75, 3.05) is 13.2 Å². The van der Waals surface area contributed by atoms with Crippen LogP contribution in [0.5, 0.6) is 0 Å². The van der Waals surface area contributed by atoms with Crippen molar-refractivity contribution in [2.45, 2.75) is 57.8 Å². The second-order valence-electron chi connectivity index (χ2n) is 4.10. The molecule has 0 aliphatic carbocycles. The van der Waals surface area contributed by atoms with Gasteiger partial charge in [0.15, 0.2) is 0 Å².